The number of hydrogen-bond acceptors (Lipinski definition) is 2. The summed E-state index contributed by atoms with van der Waals surface area (Å²) in [7, 11) is 0. The minimum absolute atomic E-state index is 0.289. The van der Waals surface area contributed by atoms with Gasteiger partial charge in [0, 0.05) is 23.2 Å². The average molecular weight is 268 g/mol. The van der Waals surface area contributed by atoms with E-state index < -0.39 is 0 Å². The summed E-state index contributed by atoms with van der Waals surface area (Å²) in [5, 5.41) is 13.9. The van der Waals surface area contributed by atoms with E-state index in [4.69, 9.17) is 11.6 Å². The maximum Gasteiger partial charge on any atom is 0.121 e. The second-order valence-electron chi connectivity index (χ2n) is 5.24. The summed E-state index contributed by atoms with van der Waals surface area (Å²) in [4.78, 5) is 0. The summed E-state index contributed by atoms with van der Waals surface area (Å²) in [5.74, 6) is 1.20. The molecule has 2 nitrogen and oxygen atoms in total. The molecule has 2 N–H and O–H groups in total. The van der Waals surface area contributed by atoms with E-state index in [2.05, 4.69) is 12.2 Å². The number of hydrogen-bond donors (Lipinski definition) is 2. The standard InChI is InChI=1S/C15H22ClNO/c1-2-11-6-8-12(9-7-11)17-10-13-14(16)4-3-5-15(13)18/h3-5,11-12,17-18H,2,6-10H2,1H3. The molecule has 0 aromatic heterocycles. The minimum atomic E-state index is 0.289. The number of benzene rings is 1. The van der Waals surface area contributed by atoms with E-state index in [1.165, 1.54) is 32.1 Å². The molecule has 0 amide bonds. The lowest BCUT2D eigenvalue weighted by Crippen LogP contribution is -2.32. The monoisotopic (exact) mass is 267 g/mol. The molecule has 3 heteroatoms. The number of aromatic hydroxyl groups is 1. The Bertz CT molecular complexity index is 366. The minimum Gasteiger partial charge on any atom is -0.508 e. The van der Waals surface area contributed by atoms with Crippen molar-refractivity contribution in [2.45, 2.75) is 51.6 Å². The van der Waals surface area contributed by atoms with E-state index in [9.17, 15) is 5.11 Å². The zero-order valence-corrected chi connectivity index (χ0v) is 11.7. The van der Waals surface area contributed by atoms with Crippen molar-refractivity contribution in [1.82, 2.24) is 5.32 Å². The first kappa shape index (κ1) is 13.7. The Kier molecular flexibility index (Phi) is 4.90. The summed E-state index contributed by atoms with van der Waals surface area (Å²) in [6, 6.07) is 5.86. The van der Waals surface area contributed by atoms with Gasteiger partial charge in [-0.25, -0.2) is 0 Å². The summed E-state index contributed by atoms with van der Waals surface area (Å²) in [6.07, 6.45) is 6.43. The Balaban J connectivity index is 1.85. The highest BCUT2D eigenvalue weighted by molar-refractivity contribution is 6.31. The van der Waals surface area contributed by atoms with Crippen LogP contribution in [0.25, 0.3) is 0 Å². The van der Waals surface area contributed by atoms with Crippen molar-refractivity contribution in [2.24, 2.45) is 5.92 Å². The molecule has 18 heavy (non-hydrogen) atoms. The smallest absolute Gasteiger partial charge is 0.121 e. The fourth-order valence-electron chi connectivity index (χ4n) is 2.74. The molecule has 1 aromatic rings. The number of phenols is 1. The van der Waals surface area contributed by atoms with Crippen LogP contribution in [0.5, 0.6) is 5.75 Å². The van der Waals surface area contributed by atoms with Crippen LogP contribution >= 0.6 is 11.6 Å². The molecule has 1 aliphatic carbocycles. The van der Waals surface area contributed by atoms with E-state index in [0.29, 0.717) is 17.6 Å². The van der Waals surface area contributed by atoms with Crippen LogP contribution in [-0.4, -0.2) is 11.1 Å². The fourth-order valence-corrected chi connectivity index (χ4v) is 2.98. The molecule has 0 spiro atoms. The Morgan fingerprint density at radius 2 is 2.00 bits per heavy atom. The van der Waals surface area contributed by atoms with Gasteiger partial charge in [-0.1, -0.05) is 31.0 Å². The zero-order chi connectivity index (χ0) is 13.0. The van der Waals surface area contributed by atoms with E-state index in [0.717, 1.165) is 11.5 Å². The normalized spacial score (nSPS) is 24.1. The highest BCUT2D eigenvalue weighted by Gasteiger charge is 2.19. The molecule has 0 saturated heterocycles. The molecule has 2 rings (SSSR count). The SMILES string of the molecule is CCC1CCC(NCc2c(O)cccc2Cl)CC1. The second-order valence-corrected chi connectivity index (χ2v) is 5.65. The highest BCUT2D eigenvalue weighted by atomic mass is 35.5. The van der Waals surface area contributed by atoms with Crippen molar-refractivity contribution in [3.63, 3.8) is 0 Å². The van der Waals surface area contributed by atoms with Crippen molar-refractivity contribution in [2.75, 3.05) is 0 Å². The van der Waals surface area contributed by atoms with Gasteiger partial charge in [0.15, 0.2) is 0 Å². The molecule has 1 aromatic carbocycles. The lowest BCUT2D eigenvalue weighted by molar-refractivity contribution is 0.284. The largest absolute Gasteiger partial charge is 0.508 e. The molecule has 0 atom stereocenters. The summed E-state index contributed by atoms with van der Waals surface area (Å²) in [5.41, 5.74) is 0.816. The van der Waals surface area contributed by atoms with E-state index in [1.54, 1.807) is 12.1 Å². The highest BCUT2D eigenvalue weighted by Crippen LogP contribution is 2.28. The summed E-state index contributed by atoms with van der Waals surface area (Å²) in [6.45, 7) is 2.94. The van der Waals surface area contributed by atoms with Crippen LogP contribution in [0.2, 0.25) is 5.02 Å². The van der Waals surface area contributed by atoms with Crippen LogP contribution in [0, 0.1) is 5.92 Å². The maximum atomic E-state index is 9.78. The Morgan fingerprint density at radius 3 is 2.61 bits per heavy atom. The third-order valence-corrected chi connectivity index (χ3v) is 4.44. The predicted octanol–water partition coefficient (Wildman–Crippen LogP) is 4.10. The van der Waals surface area contributed by atoms with Crippen LogP contribution in [0.3, 0.4) is 0 Å². The Labute approximate surface area is 114 Å². The first-order chi connectivity index (χ1) is 8.70. The molecule has 0 radical (unpaired) electrons. The topological polar surface area (TPSA) is 32.3 Å². The lowest BCUT2D eigenvalue weighted by Gasteiger charge is -2.28. The van der Waals surface area contributed by atoms with Gasteiger partial charge in [0.05, 0.1) is 0 Å². The van der Waals surface area contributed by atoms with Crippen molar-refractivity contribution in [1.29, 1.82) is 0 Å². The Hall–Kier alpha value is -0.730. The van der Waals surface area contributed by atoms with E-state index in [-0.39, 0.29) is 5.75 Å². The van der Waals surface area contributed by atoms with Gasteiger partial charge in [-0.3, -0.25) is 0 Å². The van der Waals surface area contributed by atoms with Crippen molar-refractivity contribution in [3.05, 3.63) is 28.8 Å². The molecule has 100 valence electrons. The van der Waals surface area contributed by atoms with Crippen LogP contribution in [0.15, 0.2) is 18.2 Å². The predicted molar refractivity (Wildman–Crippen MR) is 76.0 cm³/mol. The molecule has 1 saturated carbocycles. The van der Waals surface area contributed by atoms with Gasteiger partial charge in [0.2, 0.25) is 0 Å². The molecular formula is C15H22ClNO. The van der Waals surface area contributed by atoms with Gasteiger partial charge in [0.25, 0.3) is 0 Å². The molecule has 0 bridgehead atoms. The van der Waals surface area contributed by atoms with Gasteiger partial charge in [-0.15, -0.1) is 0 Å². The number of halogens is 1. The molecular weight excluding hydrogens is 246 g/mol. The van der Waals surface area contributed by atoms with Gasteiger partial charge in [-0.05, 0) is 43.7 Å². The van der Waals surface area contributed by atoms with Crippen molar-refractivity contribution >= 4 is 11.6 Å². The van der Waals surface area contributed by atoms with Crippen LogP contribution in [-0.2, 0) is 6.54 Å². The summed E-state index contributed by atoms with van der Waals surface area (Å²) >= 11 is 6.09. The van der Waals surface area contributed by atoms with E-state index in [1.807, 2.05) is 6.07 Å². The first-order valence-corrected chi connectivity index (χ1v) is 7.28. The van der Waals surface area contributed by atoms with Gasteiger partial charge in [-0.2, -0.15) is 0 Å². The van der Waals surface area contributed by atoms with Crippen LogP contribution in [0.1, 0.15) is 44.6 Å². The average Bonchev–Trinajstić information content (AvgIpc) is 2.39. The molecule has 0 heterocycles. The van der Waals surface area contributed by atoms with Crippen LogP contribution < -0.4 is 5.32 Å². The number of phenolic OH excluding ortho intramolecular Hbond substituents is 1. The van der Waals surface area contributed by atoms with Crippen molar-refractivity contribution < 1.29 is 5.11 Å². The number of rotatable bonds is 4. The first-order valence-electron chi connectivity index (χ1n) is 6.90. The molecule has 1 aliphatic rings. The third kappa shape index (κ3) is 3.39. The second kappa shape index (κ2) is 6.44. The van der Waals surface area contributed by atoms with E-state index >= 15 is 0 Å². The van der Waals surface area contributed by atoms with Gasteiger partial charge < -0.3 is 10.4 Å². The van der Waals surface area contributed by atoms with Gasteiger partial charge >= 0.3 is 0 Å². The third-order valence-electron chi connectivity index (χ3n) is 4.09. The number of nitrogens with one attached hydrogen (secondary N) is 1. The fraction of sp³-hybridized carbons (Fsp3) is 0.600. The Morgan fingerprint density at radius 1 is 1.28 bits per heavy atom. The van der Waals surface area contributed by atoms with Gasteiger partial charge in [0.1, 0.15) is 5.75 Å². The zero-order valence-electron chi connectivity index (χ0n) is 11.0. The molecule has 0 aliphatic heterocycles. The molecule has 0 unspecified atom stereocenters. The molecule has 1 fully saturated rings. The lowest BCUT2D eigenvalue weighted by atomic mass is 9.84. The maximum absolute atomic E-state index is 9.78. The quantitative estimate of drug-likeness (QED) is 0.861. The van der Waals surface area contributed by atoms with Crippen molar-refractivity contribution in [3.8, 4) is 5.75 Å². The summed E-state index contributed by atoms with van der Waals surface area (Å²) < 4.78 is 0. The van der Waals surface area contributed by atoms with Crippen LogP contribution in [0.4, 0.5) is 0 Å².